The molecule has 2 fully saturated rings. The van der Waals surface area contributed by atoms with Gasteiger partial charge in [-0.25, -0.2) is 0 Å². The highest BCUT2D eigenvalue weighted by Gasteiger charge is 2.41. The average molecular weight is 360 g/mol. The third kappa shape index (κ3) is 3.85. The lowest BCUT2D eigenvalue weighted by molar-refractivity contribution is -0.139. The lowest BCUT2D eigenvalue weighted by Crippen LogP contribution is -2.52. The SMILES string of the molecule is Cc1ccc(C(=O)N2CCC3(CCC(=O)N(CCCO)C3)CC2)cc1O. The van der Waals surface area contributed by atoms with E-state index in [0.29, 0.717) is 38.0 Å². The van der Waals surface area contributed by atoms with E-state index < -0.39 is 0 Å². The second-order valence-corrected chi connectivity index (χ2v) is 7.69. The summed E-state index contributed by atoms with van der Waals surface area (Å²) in [6.07, 6.45) is 3.84. The zero-order chi connectivity index (χ0) is 18.7. The molecule has 0 bridgehead atoms. The molecule has 0 atom stereocenters. The summed E-state index contributed by atoms with van der Waals surface area (Å²) < 4.78 is 0. The molecule has 3 rings (SSSR count). The third-order valence-corrected chi connectivity index (χ3v) is 5.90. The van der Waals surface area contributed by atoms with Crippen LogP contribution in [0.2, 0.25) is 0 Å². The van der Waals surface area contributed by atoms with Gasteiger partial charge in [-0.05, 0) is 55.7 Å². The van der Waals surface area contributed by atoms with E-state index in [2.05, 4.69) is 0 Å². The summed E-state index contributed by atoms with van der Waals surface area (Å²) in [6.45, 7) is 4.61. The van der Waals surface area contributed by atoms with Crippen LogP contribution in [0.5, 0.6) is 5.75 Å². The largest absolute Gasteiger partial charge is 0.508 e. The smallest absolute Gasteiger partial charge is 0.253 e. The third-order valence-electron chi connectivity index (χ3n) is 5.90. The number of nitrogens with zero attached hydrogens (tertiary/aromatic N) is 2. The minimum Gasteiger partial charge on any atom is -0.508 e. The fourth-order valence-electron chi connectivity index (χ4n) is 4.08. The van der Waals surface area contributed by atoms with Crippen LogP contribution in [0, 0.1) is 12.3 Å². The number of rotatable bonds is 4. The van der Waals surface area contributed by atoms with E-state index in [4.69, 9.17) is 5.11 Å². The summed E-state index contributed by atoms with van der Waals surface area (Å²) in [7, 11) is 0. The summed E-state index contributed by atoms with van der Waals surface area (Å²) in [5.74, 6) is 0.284. The zero-order valence-corrected chi connectivity index (χ0v) is 15.4. The molecule has 142 valence electrons. The van der Waals surface area contributed by atoms with Crippen LogP contribution >= 0.6 is 0 Å². The van der Waals surface area contributed by atoms with Crippen molar-refractivity contribution in [3.8, 4) is 5.75 Å². The molecule has 0 unspecified atom stereocenters. The van der Waals surface area contributed by atoms with E-state index in [1.54, 1.807) is 19.1 Å². The van der Waals surface area contributed by atoms with Crippen molar-refractivity contribution >= 4 is 11.8 Å². The Balaban J connectivity index is 1.62. The predicted octanol–water partition coefficient (Wildman–Crippen LogP) is 1.93. The number of hydrogen-bond acceptors (Lipinski definition) is 4. The Morgan fingerprint density at radius 3 is 2.62 bits per heavy atom. The molecule has 1 aromatic carbocycles. The molecule has 0 radical (unpaired) electrons. The number of aliphatic hydroxyl groups excluding tert-OH is 1. The Kier molecular flexibility index (Phi) is 5.51. The number of aryl methyl sites for hydroxylation is 1. The quantitative estimate of drug-likeness (QED) is 0.860. The van der Waals surface area contributed by atoms with Gasteiger partial charge in [0.2, 0.25) is 5.91 Å². The van der Waals surface area contributed by atoms with Gasteiger partial charge >= 0.3 is 0 Å². The number of carbonyl (C=O) groups excluding carboxylic acids is 2. The first-order valence-electron chi connectivity index (χ1n) is 9.42. The van der Waals surface area contributed by atoms with Crippen LogP contribution in [0.4, 0.5) is 0 Å². The summed E-state index contributed by atoms with van der Waals surface area (Å²) in [4.78, 5) is 28.5. The number of amides is 2. The van der Waals surface area contributed by atoms with Gasteiger partial charge in [0.15, 0.2) is 0 Å². The maximum Gasteiger partial charge on any atom is 0.253 e. The van der Waals surface area contributed by atoms with Crippen molar-refractivity contribution in [2.75, 3.05) is 32.8 Å². The number of carbonyl (C=O) groups is 2. The highest BCUT2D eigenvalue weighted by Crippen LogP contribution is 2.40. The predicted molar refractivity (Wildman–Crippen MR) is 97.9 cm³/mol. The van der Waals surface area contributed by atoms with Crippen LogP contribution in [0.25, 0.3) is 0 Å². The van der Waals surface area contributed by atoms with E-state index in [0.717, 1.165) is 31.4 Å². The molecular formula is C20H28N2O4. The number of aromatic hydroxyl groups is 1. The number of piperidine rings is 2. The molecule has 2 saturated heterocycles. The van der Waals surface area contributed by atoms with Gasteiger partial charge in [0.05, 0.1) is 0 Å². The van der Waals surface area contributed by atoms with Gasteiger partial charge < -0.3 is 20.0 Å². The topological polar surface area (TPSA) is 81.1 Å². The van der Waals surface area contributed by atoms with Crippen molar-refractivity contribution in [3.05, 3.63) is 29.3 Å². The van der Waals surface area contributed by atoms with Gasteiger partial charge in [-0.2, -0.15) is 0 Å². The van der Waals surface area contributed by atoms with Crippen molar-refractivity contribution in [1.29, 1.82) is 0 Å². The minimum atomic E-state index is -0.0424. The summed E-state index contributed by atoms with van der Waals surface area (Å²) in [5.41, 5.74) is 1.37. The van der Waals surface area contributed by atoms with E-state index in [9.17, 15) is 14.7 Å². The normalized spacial score (nSPS) is 19.8. The highest BCUT2D eigenvalue weighted by atomic mass is 16.3. The number of likely N-dealkylation sites (tertiary alicyclic amines) is 2. The number of hydrogen-bond donors (Lipinski definition) is 2. The first kappa shape index (κ1) is 18.7. The van der Waals surface area contributed by atoms with E-state index in [1.165, 1.54) is 6.07 Å². The van der Waals surface area contributed by atoms with Gasteiger partial charge in [-0.15, -0.1) is 0 Å². The van der Waals surface area contributed by atoms with Crippen LogP contribution in [-0.2, 0) is 4.79 Å². The number of aliphatic hydroxyl groups is 1. The van der Waals surface area contributed by atoms with Gasteiger partial charge in [0.1, 0.15) is 5.75 Å². The molecule has 0 aliphatic carbocycles. The molecule has 6 nitrogen and oxygen atoms in total. The molecule has 0 saturated carbocycles. The zero-order valence-electron chi connectivity index (χ0n) is 15.4. The monoisotopic (exact) mass is 360 g/mol. The second kappa shape index (κ2) is 7.66. The Bertz CT molecular complexity index is 680. The molecule has 26 heavy (non-hydrogen) atoms. The molecule has 0 aromatic heterocycles. The first-order chi connectivity index (χ1) is 12.4. The van der Waals surface area contributed by atoms with Crippen molar-refractivity contribution in [2.45, 2.75) is 39.0 Å². The summed E-state index contributed by atoms with van der Waals surface area (Å²) in [5, 5.41) is 18.9. The fourth-order valence-corrected chi connectivity index (χ4v) is 4.08. The molecular weight excluding hydrogens is 332 g/mol. The van der Waals surface area contributed by atoms with Gasteiger partial charge in [0.25, 0.3) is 5.91 Å². The van der Waals surface area contributed by atoms with Crippen LogP contribution in [0.3, 0.4) is 0 Å². The van der Waals surface area contributed by atoms with Crippen LogP contribution in [0.1, 0.15) is 48.0 Å². The van der Waals surface area contributed by atoms with Crippen LogP contribution < -0.4 is 0 Å². The summed E-state index contributed by atoms with van der Waals surface area (Å²) in [6, 6.07) is 5.06. The Hall–Kier alpha value is -2.08. The number of phenolic OH excluding ortho intramolecular Hbond substituents is 1. The molecule has 2 aliphatic rings. The molecule has 2 aliphatic heterocycles. The Morgan fingerprint density at radius 2 is 1.96 bits per heavy atom. The van der Waals surface area contributed by atoms with Gasteiger partial charge in [-0.3, -0.25) is 9.59 Å². The molecule has 1 spiro atoms. The lowest BCUT2D eigenvalue weighted by atomic mass is 9.72. The fraction of sp³-hybridized carbons (Fsp3) is 0.600. The lowest BCUT2D eigenvalue weighted by Gasteiger charge is -2.47. The molecule has 2 N–H and O–H groups in total. The Morgan fingerprint density at radius 1 is 1.23 bits per heavy atom. The van der Waals surface area contributed by atoms with Crippen molar-refractivity contribution in [2.24, 2.45) is 5.41 Å². The molecule has 1 aromatic rings. The van der Waals surface area contributed by atoms with Crippen LogP contribution in [-0.4, -0.2) is 64.6 Å². The van der Waals surface area contributed by atoms with Gasteiger partial charge in [-0.1, -0.05) is 6.07 Å². The first-order valence-corrected chi connectivity index (χ1v) is 9.42. The molecule has 6 heteroatoms. The number of phenols is 1. The Labute approximate surface area is 154 Å². The van der Waals surface area contributed by atoms with Gasteiger partial charge in [0, 0.05) is 44.8 Å². The van der Waals surface area contributed by atoms with E-state index >= 15 is 0 Å². The van der Waals surface area contributed by atoms with Crippen LogP contribution in [0.15, 0.2) is 18.2 Å². The van der Waals surface area contributed by atoms with E-state index in [-0.39, 0.29) is 29.6 Å². The number of benzene rings is 1. The standard InChI is InChI=1S/C20H28N2O4/c1-15-3-4-16(13-17(15)24)19(26)21-10-7-20(8-11-21)6-5-18(25)22(14-20)9-2-12-23/h3-4,13,23-24H,2,5-12,14H2,1H3. The minimum absolute atomic E-state index is 0.0424. The molecule has 2 heterocycles. The maximum absolute atomic E-state index is 12.7. The average Bonchev–Trinajstić information content (AvgIpc) is 2.65. The second-order valence-electron chi connectivity index (χ2n) is 7.69. The van der Waals surface area contributed by atoms with Crippen molar-refractivity contribution in [3.63, 3.8) is 0 Å². The van der Waals surface area contributed by atoms with E-state index in [1.807, 2.05) is 9.80 Å². The van der Waals surface area contributed by atoms with Crippen molar-refractivity contribution < 1.29 is 19.8 Å². The highest BCUT2D eigenvalue weighted by molar-refractivity contribution is 5.94. The van der Waals surface area contributed by atoms with Crippen molar-refractivity contribution in [1.82, 2.24) is 9.80 Å². The summed E-state index contributed by atoms with van der Waals surface area (Å²) >= 11 is 0. The maximum atomic E-state index is 12.7. The molecule has 2 amide bonds.